The number of para-hydroxylation sites is 1. The van der Waals surface area contributed by atoms with Gasteiger partial charge in [0.2, 0.25) is 0 Å². The van der Waals surface area contributed by atoms with Gasteiger partial charge in [-0.2, -0.15) is 0 Å². The second-order valence-corrected chi connectivity index (χ2v) is 8.80. The number of anilines is 2. The molecule has 1 unspecified atom stereocenters. The number of hydrogen-bond donors (Lipinski definition) is 3. The molecular weight excluding hydrogens is 414 g/mol. The molecule has 2 aromatic rings. The fourth-order valence-electron chi connectivity index (χ4n) is 4.25. The standard InChI is InChI=1S/C27H39N3O3/c1-3-5-17-30(18-6-4-2)25-20-21(27(31)32)19-24(29-16-14-22-11-10-15-28-22)26(25)33-23-12-8-7-9-13-23/h7-9,12-13,19-20,22,28-29H,3-6,10-11,14-18H2,1-2H3,(H,31,32). The summed E-state index contributed by atoms with van der Waals surface area (Å²) in [6.07, 6.45) is 7.65. The van der Waals surface area contributed by atoms with Crippen molar-refractivity contribution >= 4 is 17.3 Å². The summed E-state index contributed by atoms with van der Waals surface area (Å²) in [6, 6.07) is 13.7. The average molecular weight is 454 g/mol. The molecule has 1 saturated heterocycles. The van der Waals surface area contributed by atoms with Gasteiger partial charge < -0.3 is 25.4 Å². The Morgan fingerprint density at radius 3 is 2.48 bits per heavy atom. The van der Waals surface area contributed by atoms with E-state index in [0.717, 1.165) is 75.4 Å². The van der Waals surface area contributed by atoms with Gasteiger partial charge in [0.1, 0.15) is 5.75 Å². The number of carboxylic acids is 1. The van der Waals surface area contributed by atoms with Crippen molar-refractivity contribution in [2.75, 3.05) is 36.4 Å². The summed E-state index contributed by atoms with van der Waals surface area (Å²) >= 11 is 0. The quantitative estimate of drug-likeness (QED) is 0.319. The Labute approximate surface area is 198 Å². The van der Waals surface area contributed by atoms with Crippen molar-refractivity contribution in [3.8, 4) is 11.5 Å². The predicted molar refractivity (Wildman–Crippen MR) is 136 cm³/mol. The monoisotopic (exact) mass is 453 g/mol. The van der Waals surface area contributed by atoms with Crippen LogP contribution in [0.1, 0.15) is 69.2 Å². The molecule has 2 aromatic carbocycles. The Bertz CT molecular complexity index is 858. The lowest BCUT2D eigenvalue weighted by atomic mass is 10.1. The van der Waals surface area contributed by atoms with Crippen LogP contribution in [-0.2, 0) is 0 Å². The molecule has 0 spiro atoms. The number of nitrogens with zero attached hydrogens (tertiary/aromatic N) is 1. The van der Waals surface area contributed by atoms with Crippen molar-refractivity contribution in [1.29, 1.82) is 0 Å². The molecular formula is C27H39N3O3. The van der Waals surface area contributed by atoms with E-state index >= 15 is 0 Å². The van der Waals surface area contributed by atoms with Gasteiger partial charge in [0.25, 0.3) is 0 Å². The van der Waals surface area contributed by atoms with Crippen LogP contribution < -0.4 is 20.3 Å². The maximum Gasteiger partial charge on any atom is 0.335 e. The lowest BCUT2D eigenvalue weighted by Crippen LogP contribution is -2.27. The smallest absolute Gasteiger partial charge is 0.335 e. The Morgan fingerprint density at radius 2 is 1.88 bits per heavy atom. The first-order valence-electron chi connectivity index (χ1n) is 12.5. The number of aromatic carboxylic acids is 1. The molecule has 3 N–H and O–H groups in total. The van der Waals surface area contributed by atoms with Crippen LogP contribution >= 0.6 is 0 Å². The van der Waals surface area contributed by atoms with E-state index < -0.39 is 5.97 Å². The molecule has 0 aliphatic carbocycles. The number of carbonyl (C=O) groups is 1. The van der Waals surface area contributed by atoms with Crippen molar-refractivity contribution in [2.24, 2.45) is 0 Å². The third-order valence-corrected chi connectivity index (χ3v) is 6.15. The lowest BCUT2D eigenvalue weighted by molar-refractivity contribution is 0.0697. The average Bonchev–Trinajstić information content (AvgIpc) is 3.34. The number of carboxylic acid groups (broad SMARTS) is 1. The van der Waals surface area contributed by atoms with Crippen molar-refractivity contribution in [3.63, 3.8) is 0 Å². The van der Waals surface area contributed by atoms with Crippen LogP contribution in [0, 0.1) is 0 Å². The van der Waals surface area contributed by atoms with Gasteiger partial charge in [-0.3, -0.25) is 0 Å². The van der Waals surface area contributed by atoms with E-state index in [9.17, 15) is 9.90 Å². The number of nitrogens with one attached hydrogen (secondary N) is 2. The third-order valence-electron chi connectivity index (χ3n) is 6.15. The maximum atomic E-state index is 12.0. The first-order valence-corrected chi connectivity index (χ1v) is 12.5. The Hall–Kier alpha value is -2.73. The molecule has 1 heterocycles. The summed E-state index contributed by atoms with van der Waals surface area (Å²) in [5.74, 6) is 0.528. The van der Waals surface area contributed by atoms with Crippen LogP contribution in [0.25, 0.3) is 0 Å². The van der Waals surface area contributed by atoms with Crippen LogP contribution in [-0.4, -0.2) is 43.3 Å². The molecule has 6 nitrogen and oxygen atoms in total. The fraction of sp³-hybridized carbons (Fsp3) is 0.519. The number of rotatable bonds is 14. The predicted octanol–water partition coefficient (Wildman–Crippen LogP) is 6.14. The van der Waals surface area contributed by atoms with Gasteiger partial charge >= 0.3 is 5.97 Å². The van der Waals surface area contributed by atoms with Crippen molar-refractivity contribution in [3.05, 3.63) is 48.0 Å². The zero-order valence-corrected chi connectivity index (χ0v) is 20.1. The van der Waals surface area contributed by atoms with Gasteiger partial charge in [-0.1, -0.05) is 44.9 Å². The van der Waals surface area contributed by atoms with Gasteiger partial charge in [0.05, 0.1) is 16.9 Å². The zero-order chi connectivity index (χ0) is 23.5. The number of ether oxygens (including phenoxy) is 1. The number of hydrogen-bond acceptors (Lipinski definition) is 5. The normalized spacial score (nSPS) is 15.4. The van der Waals surface area contributed by atoms with E-state index in [2.05, 4.69) is 29.4 Å². The van der Waals surface area contributed by atoms with Crippen LogP contribution in [0.2, 0.25) is 0 Å². The molecule has 3 rings (SSSR count). The first-order chi connectivity index (χ1) is 16.1. The maximum absolute atomic E-state index is 12.0. The molecule has 1 aliphatic heterocycles. The summed E-state index contributed by atoms with van der Waals surface area (Å²) < 4.78 is 6.43. The second-order valence-electron chi connectivity index (χ2n) is 8.80. The molecule has 1 aliphatic rings. The number of benzene rings is 2. The van der Waals surface area contributed by atoms with Gasteiger partial charge in [-0.15, -0.1) is 0 Å². The summed E-state index contributed by atoms with van der Waals surface area (Å²) in [5.41, 5.74) is 1.87. The van der Waals surface area contributed by atoms with Crippen molar-refractivity contribution < 1.29 is 14.6 Å². The molecule has 1 atom stereocenters. The molecule has 6 heteroatoms. The highest BCUT2D eigenvalue weighted by atomic mass is 16.5. The topological polar surface area (TPSA) is 73.8 Å². The minimum atomic E-state index is -0.922. The van der Waals surface area contributed by atoms with E-state index in [4.69, 9.17) is 4.74 Å². The Kier molecular flexibility index (Phi) is 9.88. The van der Waals surface area contributed by atoms with Crippen LogP contribution in [0.5, 0.6) is 11.5 Å². The minimum Gasteiger partial charge on any atom is -0.478 e. The molecule has 1 fully saturated rings. The largest absolute Gasteiger partial charge is 0.478 e. The van der Waals surface area contributed by atoms with Crippen LogP contribution in [0.15, 0.2) is 42.5 Å². The summed E-state index contributed by atoms with van der Waals surface area (Å²) in [5, 5.41) is 16.9. The van der Waals surface area contributed by atoms with Crippen LogP contribution in [0.4, 0.5) is 11.4 Å². The molecule has 33 heavy (non-hydrogen) atoms. The van der Waals surface area contributed by atoms with Gasteiger partial charge in [0.15, 0.2) is 5.75 Å². The van der Waals surface area contributed by atoms with Crippen LogP contribution in [0.3, 0.4) is 0 Å². The summed E-state index contributed by atoms with van der Waals surface area (Å²) in [6.45, 7) is 7.94. The van der Waals surface area contributed by atoms with E-state index in [-0.39, 0.29) is 5.56 Å². The highest BCUT2D eigenvalue weighted by molar-refractivity contribution is 5.92. The summed E-state index contributed by atoms with van der Waals surface area (Å²) in [7, 11) is 0. The molecule has 180 valence electrons. The molecule has 0 bridgehead atoms. The van der Waals surface area contributed by atoms with Gasteiger partial charge in [-0.05, 0) is 62.9 Å². The van der Waals surface area contributed by atoms with E-state index in [1.807, 2.05) is 30.3 Å². The van der Waals surface area contributed by atoms with E-state index in [1.54, 1.807) is 12.1 Å². The van der Waals surface area contributed by atoms with Gasteiger partial charge in [-0.25, -0.2) is 4.79 Å². The Balaban J connectivity index is 1.98. The van der Waals surface area contributed by atoms with Crippen molar-refractivity contribution in [2.45, 2.75) is 64.8 Å². The van der Waals surface area contributed by atoms with Crippen molar-refractivity contribution in [1.82, 2.24) is 5.32 Å². The highest BCUT2D eigenvalue weighted by Crippen LogP contribution is 2.41. The molecule has 0 amide bonds. The second kappa shape index (κ2) is 13.1. The first kappa shape index (κ1) is 24.9. The van der Waals surface area contributed by atoms with E-state index in [0.29, 0.717) is 11.8 Å². The number of unbranched alkanes of at least 4 members (excludes halogenated alkanes) is 2. The highest BCUT2D eigenvalue weighted by Gasteiger charge is 2.21. The van der Waals surface area contributed by atoms with Gasteiger partial charge in [0, 0.05) is 25.7 Å². The zero-order valence-electron chi connectivity index (χ0n) is 20.1. The molecule has 0 saturated carbocycles. The third kappa shape index (κ3) is 7.39. The van der Waals surface area contributed by atoms with E-state index in [1.165, 1.54) is 12.8 Å². The molecule has 0 aromatic heterocycles. The molecule has 0 radical (unpaired) electrons. The summed E-state index contributed by atoms with van der Waals surface area (Å²) in [4.78, 5) is 14.3. The minimum absolute atomic E-state index is 0.282. The lowest BCUT2D eigenvalue weighted by Gasteiger charge is -2.29. The fourth-order valence-corrected chi connectivity index (χ4v) is 4.25. The Morgan fingerprint density at radius 1 is 1.15 bits per heavy atom. The SMILES string of the molecule is CCCCN(CCCC)c1cc(C(=O)O)cc(NCCC2CCCN2)c1Oc1ccccc1.